The number of aromatic nitrogens is 3. The zero-order valence-electron chi connectivity index (χ0n) is 15.2. The second-order valence-electron chi connectivity index (χ2n) is 5.90. The van der Waals surface area contributed by atoms with Crippen LogP contribution in [0.2, 0.25) is 0 Å². The minimum absolute atomic E-state index is 0.256. The summed E-state index contributed by atoms with van der Waals surface area (Å²) in [6, 6.07) is 11.3. The molecular formula is C20H16FN3O3S. The molecule has 0 saturated carbocycles. The Morgan fingerprint density at radius 1 is 1.18 bits per heavy atom. The minimum atomic E-state index is -0.336. The van der Waals surface area contributed by atoms with Gasteiger partial charge in [-0.2, -0.15) is 9.50 Å². The van der Waals surface area contributed by atoms with Gasteiger partial charge in [0.25, 0.3) is 5.56 Å². The van der Waals surface area contributed by atoms with Crippen LogP contribution in [0.4, 0.5) is 4.39 Å². The molecule has 4 rings (SSSR count). The number of ether oxygens (including phenoxy) is 2. The Kier molecular flexibility index (Phi) is 4.79. The molecule has 0 radical (unpaired) electrons. The first kappa shape index (κ1) is 18.1. The van der Waals surface area contributed by atoms with Crippen LogP contribution in [0.3, 0.4) is 0 Å². The molecule has 0 spiro atoms. The van der Waals surface area contributed by atoms with Crippen LogP contribution in [0.15, 0.2) is 47.3 Å². The lowest BCUT2D eigenvalue weighted by Gasteiger charge is -2.09. The van der Waals surface area contributed by atoms with Crippen molar-refractivity contribution in [2.24, 2.45) is 0 Å². The number of thiazole rings is 1. The molecular weight excluding hydrogens is 381 g/mol. The molecule has 0 aliphatic carbocycles. The third-order valence-corrected chi connectivity index (χ3v) is 5.03. The van der Waals surface area contributed by atoms with E-state index in [-0.39, 0.29) is 11.4 Å². The molecule has 2 heterocycles. The summed E-state index contributed by atoms with van der Waals surface area (Å²) in [6.45, 7) is 2.44. The molecule has 4 aromatic rings. The van der Waals surface area contributed by atoms with E-state index in [0.29, 0.717) is 39.0 Å². The van der Waals surface area contributed by atoms with Gasteiger partial charge in [-0.05, 0) is 55.0 Å². The van der Waals surface area contributed by atoms with Crippen LogP contribution in [0, 0.1) is 5.82 Å². The number of hydrogen-bond acceptors (Lipinski definition) is 6. The second kappa shape index (κ2) is 7.40. The first-order valence-corrected chi connectivity index (χ1v) is 9.38. The van der Waals surface area contributed by atoms with Gasteiger partial charge in [0.05, 0.1) is 18.2 Å². The lowest BCUT2D eigenvalue weighted by molar-refractivity contribution is 0.311. The summed E-state index contributed by atoms with van der Waals surface area (Å²) >= 11 is 1.24. The predicted molar refractivity (Wildman–Crippen MR) is 105 cm³/mol. The molecule has 0 amide bonds. The van der Waals surface area contributed by atoms with Gasteiger partial charge in [-0.15, -0.1) is 5.10 Å². The fourth-order valence-corrected chi connectivity index (χ4v) is 3.66. The topological polar surface area (TPSA) is 65.7 Å². The van der Waals surface area contributed by atoms with Crippen molar-refractivity contribution in [3.8, 4) is 22.9 Å². The maximum absolute atomic E-state index is 13.1. The van der Waals surface area contributed by atoms with Crippen LogP contribution in [0.25, 0.3) is 22.4 Å². The van der Waals surface area contributed by atoms with E-state index in [1.54, 1.807) is 25.3 Å². The van der Waals surface area contributed by atoms with Crippen molar-refractivity contribution < 1.29 is 13.9 Å². The van der Waals surface area contributed by atoms with Crippen molar-refractivity contribution in [1.82, 2.24) is 14.6 Å². The Labute approximate surface area is 163 Å². The number of hydrogen-bond donors (Lipinski definition) is 0. The highest BCUT2D eigenvalue weighted by atomic mass is 32.1. The smallest absolute Gasteiger partial charge is 0.291 e. The van der Waals surface area contributed by atoms with E-state index in [0.717, 1.165) is 5.56 Å². The summed E-state index contributed by atoms with van der Waals surface area (Å²) in [4.78, 5) is 17.6. The molecule has 2 aromatic heterocycles. The Morgan fingerprint density at radius 3 is 2.64 bits per heavy atom. The van der Waals surface area contributed by atoms with Gasteiger partial charge in [-0.3, -0.25) is 4.79 Å². The molecule has 0 unspecified atom stereocenters. The van der Waals surface area contributed by atoms with Gasteiger partial charge in [-0.1, -0.05) is 17.4 Å². The average Bonchev–Trinajstić information content (AvgIpc) is 3.23. The maximum atomic E-state index is 13.1. The van der Waals surface area contributed by atoms with Crippen molar-refractivity contribution in [2.45, 2.75) is 6.92 Å². The minimum Gasteiger partial charge on any atom is -0.493 e. The highest BCUT2D eigenvalue weighted by Crippen LogP contribution is 2.28. The number of fused-ring (bicyclic) bond motifs is 1. The van der Waals surface area contributed by atoms with Gasteiger partial charge >= 0.3 is 0 Å². The van der Waals surface area contributed by atoms with Crippen molar-refractivity contribution in [1.29, 1.82) is 0 Å². The van der Waals surface area contributed by atoms with E-state index in [9.17, 15) is 9.18 Å². The fraction of sp³-hybridized carbons (Fsp3) is 0.150. The molecule has 0 saturated heterocycles. The number of halogens is 1. The standard InChI is InChI=1S/C20H16FN3O3S/c1-3-27-15-9-4-12(10-16(15)26-2)11-17-19(25)24-20(28-17)22-18(23-24)13-5-7-14(21)8-6-13/h4-11H,3H2,1-2H3/b17-11+. The largest absolute Gasteiger partial charge is 0.493 e. The Balaban J connectivity index is 1.74. The quantitative estimate of drug-likeness (QED) is 0.518. The number of rotatable bonds is 5. The number of nitrogens with zero attached hydrogens (tertiary/aromatic N) is 3. The molecule has 0 N–H and O–H groups in total. The van der Waals surface area contributed by atoms with Crippen LogP contribution >= 0.6 is 11.3 Å². The van der Waals surface area contributed by atoms with Gasteiger partial charge in [-0.25, -0.2) is 4.39 Å². The molecule has 2 aromatic carbocycles. The van der Waals surface area contributed by atoms with Crippen LogP contribution in [-0.2, 0) is 0 Å². The summed E-state index contributed by atoms with van der Waals surface area (Å²) in [7, 11) is 1.57. The Hall–Kier alpha value is -3.26. The third kappa shape index (κ3) is 3.34. The lowest BCUT2D eigenvalue weighted by atomic mass is 10.2. The predicted octanol–water partition coefficient (Wildman–Crippen LogP) is 2.91. The normalized spacial score (nSPS) is 11.9. The van der Waals surface area contributed by atoms with Crippen LogP contribution in [0.5, 0.6) is 11.5 Å². The molecule has 8 heteroatoms. The van der Waals surface area contributed by atoms with E-state index >= 15 is 0 Å². The SMILES string of the molecule is CCOc1ccc(/C=c2/sc3nc(-c4ccc(F)cc4)nn3c2=O)cc1OC. The summed E-state index contributed by atoms with van der Waals surface area (Å²) in [5.41, 5.74) is 1.20. The lowest BCUT2D eigenvalue weighted by Crippen LogP contribution is -2.23. The number of methoxy groups -OCH3 is 1. The van der Waals surface area contributed by atoms with Gasteiger partial charge in [0.15, 0.2) is 17.3 Å². The molecule has 6 nitrogen and oxygen atoms in total. The fourth-order valence-electron chi connectivity index (χ4n) is 2.76. The molecule has 28 heavy (non-hydrogen) atoms. The van der Waals surface area contributed by atoms with Crippen molar-refractivity contribution in [2.75, 3.05) is 13.7 Å². The second-order valence-corrected chi connectivity index (χ2v) is 6.90. The van der Waals surface area contributed by atoms with Crippen LogP contribution in [0.1, 0.15) is 12.5 Å². The van der Waals surface area contributed by atoms with Crippen LogP contribution < -0.4 is 19.6 Å². The molecule has 0 atom stereocenters. The zero-order chi connectivity index (χ0) is 19.7. The highest BCUT2D eigenvalue weighted by Gasteiger charge is 2.12. The van der Waals surface area contributed by atoms with E-state index in [2.05, 4.69) is 10.1 Å². The Morgan fingerprint density at radius 2 is 1.96 bits per heavy atom. The van der Waals surface area contributed by atoms with Crippen molar-refractivity contribution in [3.63, 3.8) is 0 Å². The van der Waals surface area contributed by atoms with Gasteiger partial charge in [0.1, 0.15) is 5.82 Å². The van der Waals surface area contributed by atoms with Crippen molar-refractivity contribution in [3.05, 3.63) is 68.7 Å². The summed E-state index contributed by atoms with van der Waals surface area (Å²) in [6.07, 6.45) is 1.76. The van der Waals surface area contributed by atoms with E-state index in [1.165, 1.54) is 28.0 Å². The first-order chi connectivity index (χ1) is 13.6. The molecule has 0 fully saturated rings. The summed E-state index contributed by atoms with van der Waals surface area (Å²) in [5.74, 6) is 1.30. The summed E-state index contributed by atoms with van der Waals surface area (Å²) < 4.78 is 25.7. The Bertz CT molecular complexity index is 1250. The van der Waals surface area contributed by atoms with Gasteiger partial charge in [0, 0.05) is 5.56 Å². The highest BCUT2D eigenvalue weighted by molar-refractivity contribution is 7.15. The van der Waals surface area contributed by atoms with Gasteiger partial charge < -0.3 is 9.47 Å². The monoisotopic (exact) mass is 397 g/mol. The van der Waals surface area contributed by atoms with E-state index in [4.69, 9.17) is 9.47 Å². The molecule has 0 bridgehead atoms. The third-order valence-electron chi connectivity index (χ3n) is 4.07. The number of benzene rings is 2. The molecule has 0 aliphatic rings. The van der Waals surface area contributed by atoms with Gasteiger partial charge in [0.2, 0.25) is 4.96 Å². The first-order valence-electron chi connectivity index (χ1n) is 8.57. The summed E-state index contributed by atoms with van der Waals surface area (Å²) in [5, 5.41) is 4.26. The molecule has 142 valence electrons. The van der Waals surface area contributed by atoms with Crippen LogP contribution in [-0.4, -0.2) is 28.3 Å². The van der Waals surface area contributed by atoms with Crippen molar-refractivity contribution >= 4 is 22.4 Å². The maximum Gasteiger partial charge on any atom is 0.291 e. The zero-order valence-corrected chi connectivity index (χ0v) is 16.0. The van der Waals surface area contributed by atoms with E-state index < -0.39 is 0 Å². The molecule has 0 aliphatic heterocycles. The average molecular weight is 397 g/mol. The van der Waals surface area contributed by atoms with E-state index in [1.807, 2.05) is 25.1 Å².